The van der Waals surface area contributed by atoms with E-state index in [0.29, 0.717) is 5.75 Å². The van der Waals surface area contributed by atoms with E-state index >= 15 is 0 Å². The summed E-state index contributed by atoms with van der Waals surface area (Å²) in [5.74, 6) is 0.712. The highest BCUT2D eigenvalue weighted by Crippen LogP contribution is 2.52. The molecule has 1 N–H and O–H groups in total. The zero-order chi connectivity index (χ0) is 17.8. The van der Waals surface area contributed by atoms with Crippen molar-refractivity contribution in [2.24, 2.45) is 0 Å². The van der Waals surface area contributed by atoms with Gasteiger partial charge in [-0.1, -0.05) is 37.3 Å². The summed E-state index contributed by atoms with van der Waals surface area (Å²) in [6, 6.07) is 15.1. The minimum atomic E-state index is 0.288. The van der Waals surface area contributed by atoms with Gasteiger partial charge in [-0.05, 0) is 52.3 Å². The fourth-order valence-electron chi connectivity index (χ4n) is 4.71. The maximum atomic E-state index is 10.8. The normalized spacial score (nSPS) is 18.8. The predicted molar refractivity (Wildman–Crippen MR) is 106 cm³/mol. The lowest BCUT2D eigenvalue weighted by atomic mass is 9.90. The molecule has 1 fully saturated rings. The van der Waals surface area contributed by atoms with Crippen molar-refractivity contribution in [2.75, 3.05) is 31.2 Å². The van der Waals surface area contributed by atoms with Crippen molar-refractivity contribution in [2.45, 2.75) is 19.8 Å². The van der Waals surface area contributed by atoms with Crippen molar-refractivity contribution in [3.05, 3.63) is 59.2 Å². The minimum absolute atomic E-state index is 0.288. The zero-order valence-corrected chi connectivity index (χ0v) is 15.2. The van der Waals surface area contributed by atoms with Crippen LogP contribution in [-0.4, -0.2) is 31.4 Å². The van der Waals surface area contributed by atoms with Crippen LogP contribution in [0.25, 0.3) is 21.9 Å². The number of morpholine rings is 1. The number of rotatable bonds is 1. The Kier molecular flexibility index (Phi) is 3.47. The molecule has 132 valence electrons. The van der Waals surface area contributed by atoms with E-state index in [2.05, 4.69) is 42.2 Å². The van der Waals surface area contributed by atoms with Crippen LogP contribution in [-0.2, 0) is 4.74 Å². The molecule has 3 aromatic rings. The first-order valence-corrected chi connectivity index (χ1v) is 9.38. The van der Waals surface area contributed by atoms with Crippen LogP contribution in [0, 0.1) is 6.92 Å². The van der Waals surface area contributed by atoms with Crippen LogP contribution in [0.15, 0.2) is 42.5 Å². The first kappa shape index (κ1) is 15.7. The lowest BCUT2D eigenvalue weighted by Gasteiger charge is -2.29. The summed E-state index contributed by atoms with van der Waals surface area (Å²) in [5.41, 5.74) is 7.53. The number of hydrogen-bond acceptors (Lipinski definition) is 3. The Hall–Kier alpha value is -2.52. The molecular weight excluding hydrogens is 322 g/mol. The Morgan fingerprint density at radius 3 is 2.54 bits per heavy atom. The van der Waals surface area contributed by atoms with Crippen LogP contribution in [0.1, 0.15) is 29.5 Å². The number of benzene rings is 3. The molecule has 1 aliphatic carbocycles. The van der Waals surface area contributed by atoms with Gasteiger partial charge in [-0.2, -0.15) is 0 Å². The molecule has 3 aromatic carbocycles. The van der Waals surface area contributed by atoms with Crippen molar-refractivity contribution in [3.63, 3.8) is 0 Å². The summed E-state index contributed by atoms with van der Waals surface area (Å²) >= 11 is 0. The van der Waals surface area contributed by atoms with Crippen LogP contribution >= 0.6 is 0 Å². The second-order valence-corrected chi connectivity index (χ2v) is 7.40. The second kappa shape index (κ2) is 5.75. The maximum Gasteiger partial charge on any atom is 0.126 e. The molecular formula is C23H23NO2. The van der Waals surface area contributed by atoms with Gasteiger partial charge in [0.15, 0.2) is 0 Å². The van der Waals surface area contributed by atoms with Crippen LogP contribution in [0.2, 0.25) is 0 Å². The van der Waals surface area contributed by atoms with Gasteiger partial charge < -0.3 is 14.7 Å². The number of anilines is 1. The summed E-state index contributed by atoms with van der Waals surface area (Å²) in [5, 5.41) is 12.8. The fraction of sp³-hybridized carbons (Fsp3) is 0.304. The Labute approximate surface area is 153 Å². The third-order valence-electron chi connectivity index (χ3n) is 6.06. The predicted octanol–water partition coefficient (Wildman–Crippen LogP) is 4.82. The number of phenolic OH excluding ortho intramolecular Hbond substituents is 1. The average Bonchev–Trinajstić information content (AvgIpc) is 2.99. The van der Waals surface area contributed by atoms with Crippen LogP contribution < -0.4 is 4.90 Å². The fourth-order valence-corrected chi connectivity index (χ4v) is 4.71. The summed E-state index contributed by atoms with van der Waals surface area (Å²) in [4.78, 5) is 2.40. The summed E-state index contributed by atoms with van der Waals surface area (Å²) < 4.78 is 5.49. The summed E-state index contributed by atoms with van der Waals surface area (Å²) in [7, 11) is 0. The summed E-state index contributed by atoms with van der Waals surface area (Å²) in [6.07, 6.45) is 0. The number of ether oxygens (including phenoxy) is 1. The van der Waals surface area contributed by atoms with Gasteiger partial charge in [0, 0.05) is 30.1 Å². The Morgan fingerprint density at radius 1 is 1.04 bits per heavy atom. The third-order valence-corrected chi connectivity index (χ3v) is 6.06. The SMILES string of the molecule is Cc1c2c(c3ccccc3c1O)-c1ccc(N3CCOCC3)cc1C2C. The first-order chi connectivity index (χ1) is 12.7. The molecule has 0 aromatic heterocycles. The Balaban J connectivity index is 1.73. The molecule has 0 amide bonds. The van der Waals surface area contributed by atoms with E-state index in [4.69, 9.17) is 4.74 Å². The minimum Gasteiger partial charge on any atom is -0.507 e. The molecule has 5 rings (SSSR count). The molecule has 0 radical (unpaired) electrons. The van der Waals surface area contributed by atoms with Gasteiger partial charge in [-0.15, -0.1) is 0 Å². The van der Waals surface area contributed by atoms with E-state index in [0.717, 1.165) is 42.6 Å². The second-order valence-electron chi connectivity index (χ2n) is 7.40. The van der Waals surface area contributed by atoms with Gasteiger partial charge >= 0.3 is 0 Å². The molecule has 3 nitrogen and oxygen atoms in total. The highest BCUT2D eigenvalue weighted by Gasteiger charge is 2.31. The van der Waals surface area contributed by atoms with Gasteiger partial charge in [0.2, 0.25) is 0 Å². The molecule has 1 heterocycles. The van der Waals surface area contributed by atoms with E-state index in [1.807, 2.05) is 19.1 Å². The van der Waals surface area contributed by atoms with Crippen LogP contribution in [0.3, 0.4) is 0 Å². The molecule has 26 heavy (non-hydrogen) atoms. The maximum absolute atomic E-state index is 10.8. The topological polar surface area (TPSA) is 32.7 Å². The highest BCUT2D eigenvalue weighted by atomic mass is 16.5. The molecule has 0 bridgehead atoms. The summed E-state index contributed by atoms with van der Waals surface area (Å²) in [6.45, 7) is 7.79. The highest BCUT2D eigenvalue weighted by molar-refractivity contribution is 6.05. The van der Waals surface area contributed by atoms with Crippen molar-refractivity contribution in [1.82, 2.24) is 0 Å². The van der Waals surface area contributed by atoms with Crippen molar-refractivity contribution in [3.8, 4) is 16.9 Å². The Morgan fingerprint density at radius 2 is 1.77 bits per heavy atom. The molecule has 0 saturated carbocycles. The number of fused-ring (bicyclic) bond motifs is 5. The monoisotopic (exact) mass is 345 g/mol. The van der Waals surface area contributed by atoms with Gasteiger partial charge in [0.05, 0.1) is 13.2 Å². The zero-order valence-electron chi connectivity index (χ0n) is 15.2. The van der Waals surface area contributed by atoms with Crippen molar-refractivity contribution in [1.29, 1.82) is 0 Å². The van der Waals surface area contributed by atoms with E-state index in [1.165, 1.54) is 27.9 Å². The number of nitrogens with zero attached hydrogens (tertiary/aromatic N) is 1. The smallest absolute Gasteiger partial charge is 0.126 e. The van der Waals surface area contributed by atoms with Crippen molar-refractivity contribution >= 4 is 16.5 Å². The molecule has 0 spiro atoms. The number of phenols is 1. The molecule has 3 heteroatoms. The first-order valence-electron chi connectivity index (χ1n) is 9.38. The van der Waals surface area contributed by atoms with Crippen LogP contribution in [0.5, 0.6) is 5.75 Å². The molecule has 2 aliphatic rings. The molecule has 1 saturated heterocycles. The van der Waals surface area contributed by atoms with E-state index in [1.54, 1.807) is 0 Å². The van der Waals surface area contributed by atoms with Gasteiger partial charge in [-0.3, -0.25) is 0 Å². The quantitative estimate of drug-likeness (QED) is 0.686. The third kappa shape index (κ3) is 2.10. The molecule has 1 aliphatic heterocycles. The molecule has 1 atom stereocenters. The van der Waals surface area contributed by atoms with Gasteiger partial charge in [0.25, 0.3) is 0 Å². The van der Waals surface area contributed by atoms with E-state index in [-0.39, 0.29) is 5.92 Å². The Bertz CT molecular complexity index is 1020. The van der Waals surface area contributed by atoms with Gasteiger partial charge in [0.1, 0.15) is 5.75 Å². The standard InChI is InChI=1S/C23H23NO2/c1-14-20-13-16(24-9-11-26-12-10-24)7-8-18(20)22-17-5-3-4-6-19(17)23(25)15(2)21(14)22/h3-8,13-14,25H,9-12H2,1-2H3. The largest absolute Gasteiger partial charge is 0.507 e. The lowest BCUT2D eigenvalue weighted by Crippen LogP contribution is -2.36. The van der Waals surface area contributed by atoms with Crippen molar-refractivity contribution < 1.29 is 9.84 Å². The van der Waals surface area contributed by atoms with Crippen LogP contribution in [0.4, 0.5) is 5.69 Å². The molecule has 1 unspecified atom stereocenters. The number of hydrogen-bond donors (Lipinski definition) is 1. The number of aromatic hydroxyl groups is 1. The van der Waals surface area contributed by atoms with Gasteiger partial charge in [-0.25, -0.2) is 0 Å². The lowest BCUT2D eigenvalue weighted by molar-refractivity contribution is 0.122. The van der Waals surface area contributed by atoms with E-state index in [9.17, 15) is 5.11 Å². The van der Waals surface area contributed by atoms with E-state index < -0.39 is 0 Å². The average molecular weight is 345 g/mol.